The molecule has 9 nitrogen and oxygen atoms in total. The summed E-state index contributed by atoms with van der Waals surface area (Å²) in [6, 6.07) is 12.9. The number of rotatable bonds is 7. The molecular weight excluding hydrogens is 473 g/mol. The van der Waals surface area contributed by atoms with Gasteiger partial charge in [0, 0.05) is 67.7 Å². The monoisotopic (exact) mass is 503 g/mol. The van der Waals surface area contributed by atoms with Crippen molar-refractivity contribution < 1.29 is 13.9 Å². The number of hydrogen-bond acceptors (Lipinski definition) is 7. The molecule has 0 aliphatic carbocycles. The predicted molar refractivity (Wildman–Crippen MR) is 143 cm³/mol. The van der Waals surface area contributed by atoms with Crippen molar-refractivity contribution in [2.45, 2.75) is 13.8 Å². The van der Waals surface area contributed by atoms with Crippen LogP contribution in [-0.4, -0.2) is 65.5 Å². The van der Waals surface area contributed by atoms with Gasteiger partial charge >= 0.3 is 0 Å². The number of H-pyrrole nitrogens is 1. The SMILES string of the molecule is CCN(C)C(=O)c1c(Nc2ccc(N3CCNCC3)cc2)ncnc1Oc1ccc2[nH]c(C)cc2c1F. The van der Waals surface area contributed by atoms with Crippen LogP contribution in [0.25, 0.3) is 10.9 Å². The van der Waals surface area contributed by atoms with Crippen molar-refractivity contribution in [3.05, 3.63) is 65.9 Å². The van der Waals surface area contributed by atoms with E-state index in [2.05, 4.69) is 30.5 Å². The Labute approximate surface area is 214 Å². The number of carbonyl (C=O) groups excluding carboxylic acids is 1. The molecule has 0 spiro atoms. The van der Waals surface area contributed by atoms with Gasteiger partial charge in [-0.15, -0.1) is 0 Å². The van der Waals surface area contributed by atoms with Crippen molar-refractivity contribution in [1.29, 1.82) is 0 Å². The van der Waals surface area contributed by atoms with Gasteiger partial charge < -0.3 is 30.2 Å². The van der Waals surface area contributed by atoms with E-state index in [1.54, 1.807) is 19.2 Å². The number of anilines is 3. The lowest BCUT2D eigenvalue weighted by Gasteiger charge is -2.29. The van der Waals surface area contributed by atoms with E-state index in [-0.39, 0.29) is 28.9 Å². The fourth-order valence-electron chi connectivity index (χ4n) is 4.36. The molecule has 1 saturated heterocycles. The van der Waals surface area contributed by atoms with Crippen molar-refractivity contribution >= 4 is 34.0 Å². The minimum absolute atomic E-state index is 0.0225. The van der Waals surface area contributed by atoms with Crippen LogP contribution in [0.1, 0.15) is 23.0 Å². The molecule has 3 heterocycles. The van der Waals surface area contributed by atoms with Crippen LogP contribution in [0.4, 0.5) is 21.6 Å². The number of halogens is 1. The number of ether oxygens (including phenoxy) is 1. The Kier molecular flexibility index (Phi) is 6.91. The lowest BCUT2D eigenvalue weighted by Crippen LogP contribution is -2.43. The minimum atomic E-state index is -0.527. The maximum Gasteiger partial charge on any atom is 0.262 e. The van der Waals surface area contributed by atoms with Crippen LogP contribution in [0.3, 0.4) is 0 Å². The molecule has 0 saturated carbocycles. The van der Waals surface area contributed by atoms with Crippen molar-refractivity contribution in [2.75, 3.05) is 50.0 Å². The maximum atomic E-state index is 15.3. The first-order valence-corrected chi connectivity index (χ1v) is 12.3. The molecule has 1 fully saturated rings. The molecular formula is C27H30FN7O2. The molecule has 1 aliphatic rings. The van der Waals surface area contributed by atoms with Gasteiger partial charge in [0.05, 0.1) is 0 Å². The second-order valence-corrected chi connectivity index (χ2v) is 9.02. The van der Waals surface area contributed by atoms with Crippen molar-refractivity contribution in [3.63, 3.8) is 0 Å². The summed E-state index contributed by atoms with van der Waals surface area (Å²) in [5, 5.41) is 6.99. The largest absolute Gasteiger partial charge is 0.435 e. The summed E-state index contributed by atoms with van der Waals surface area (Å²) in [6.45, 7) is 8.00. The van der Waals surface area contributed by atoms with Gasteiger partial charge in [-0.25, -0.2) is 14.4 Å². The Morgan fingerprint density at radius 3 is 2.65 bits per heavy atom. The quantitative estimate of drug-likeness (QED) is 0.343. The maximum absolute atomic E-state index is 15.3. The highest BCUT2D eigenvalue weighted by Gasteiger charge is 2.25. The Bertz CT molecular complexity index is 1410. The Hall–Kier alpha value is -4.18. The van der Waals surface area contributed by atoms with Gasteiger partial charge in [0.15, 0.2) is 17.4 Å². The van der Waals surface area contributed by atoms with Crippen LogP contribution in [0.2, 0.25) is 0 Å². The zero-order valence-corrected chi connectivity index (χ0v) is 21.1. The number of fused-ring (bicyclic) bond motifs is 1. The number of hydrogen-bond donors (Lipinski definition) is 3. The van der Waals surface area contributed by atoms with E-state index < -0.39 is 5.82 Å². The summed E-state index contributed by atoms with van der Waals surface area (Å²) in [5.74, 6) is -0.627. The first-order valence-electron chi connectivity index (χ1n) is 12.3. The third-order valence-corrected chi connectivity index (χ3v) is 6.50. The average molecular weight is 504 g/mol. The third-order valence-electron chi connectivity index (χ3n) is 6.50. The number of carbonyl (C=O) groups is 1. The van der Waals surface area contributed by atoms with Crippen LogP contribution < -0.4 is 20.3 Å². The first-order chi connectivity index (χ1) is 17.9. The molecule has 37 heavy (non-hydrogen) atoms. The smallest absolute Gasteiger partial charge is 0.262 e. The van der Waals surface area contributed by atoms with E-state index in [0.29, 0.717) is 17.4 Å². The second-order valence-electron chi connectivity index (χ2n) is 9.02. The highest BCUT2D eigenvalue weighted by atomic mass is 19.1. The van der Waals surface area contributed by atoms with Gasteiger partial charge in [0.1, 0.15) is 11.9 Å². The first kappa shape index (κ1) is 24.5. The van der Waals surface area contributed by atoms with E-state index in [1.807, 2.05) is 38.1 Å². The normalized spacial score (nSPS) is 13.6. The van der Waals surface area contributed by atoms with Crippen LogP contribution in [0, 0.1) is 12.7 Å². The van der Waals surface area contributed by atoms with Crippen LogP contribution in [0.15, 0.2) is 48.8 Å². The van der Waals surface area contributed by atoms with Crippen LogP contribution in [-0.2, 0) is 0 Å². The highest BCUT2D eigenvalue weighted by molar-refractivity contribution is 6.01. The molecule has 192 valence electrons. The zero-order valence-electron chi connectivity index (χ0n) is 21.1. The summed E-state index contributed by atoms with van der Waals surface area (Å²) in [4.78, 5) is 28.9. The molecule has 0 unspecified atom stereocenters. The van der Waals surface area contributed by atoms with Gasteiger partial charge in [-0.3, -0.25) is 4.79 Å². The summed E-state index contributed by atoms with van der Waals surface area (Å²) in [6.07, 6.45) is 1.30. The number of nitrogens with zero attached hydrogens (tertiary/aromatic N) is 4. The Morgan fingerprint density at radius 1 is 1.16 bits per heavy atom. The summed E-state index contributed by atoms with van der Waals surface area (Å²) >= 11 is 0. The Balaban J connectivity index is 1.47. The van der Waals surface area contributed by atoms with Gasteiger partial charge in [-0.1, -0.05) is 0 Å². The molecule has 0 radical (unpaired) electrons. The molecule has 1 aliphatic heterocycles. The lowest BCUT2D eigenvalue weighted by molar-refractivity contribution is 0.0799. The van der Waals surface area contributed by atoms with E-state index in [4.69, 9.17) is 4.74 Å². The summed E-state index contributed by atoms with van der Waals surface area (Å²) < 4.78 is 21.2. The van der Waals surface area contributed by atoms with Crippen LogP contribution in [0.5, 0.6) is 11.6 Å². The fraction of sp³-hybridized carbons (Fsp3) is 0.296. The molecule has 0 bridgehead atoms. The number of nitrogens with one attached hydrogen (secondary N) is 3. The van der Waals surface area contributed by atoms with E-state index in [1.165, 1.54) is 17.3 Å². The lowest BCUT2D eigenvalue weighted by atomic mass is 10.2. The highest BCUT2D eigenvalue weighted by Crippen LogP contribution is 2.34. The van der Waals surface area contributed by atoms with E-state index in [9.17, 15) is 4.79 Å². The Morgan fingerprint density at radius 2 is 1.92 bits per heavy atom. The molecule has 0 atom stereocenters. The standard InChI is InChI=1S/C27H30FN7O2/c1-4-34(3)27(36)23-25(33-18-5-7-19(8-6-18)35-13-11-29-12-14-35)30-16-31-26(23)37-22-10-9-21-20(24(22)28)15-17(2)32-21/h5-10,15-16,29,32H,4,11-14H2,1-3H3,(H,30,31,33). The molecule has 5 rings (SSSR count). The molecule has 2 aromatic heterocycles. The molecule has 1 amide bonds. The zero-order chi connectivity index (χ0) is 25.9. The van der Waals surface area contributed by atoms with Gasteiger partial charge in [-0.2, -0.15) is 0 Å². The predicted octanol–water partition coefficient (Wildman–Crippen LogP) is 4.44. The molecule has 2 aromatic carbocycles. The van der Waals surface area contributed by atoms with Crippen molar-refractivity contribution in [3.8, 4) is 11.6 Å². The number of aromatic nitrogens is 3. The third kappa shape index (κ3) is 5.05. The number of aromatic amines is 1. The number of aryl methyl sites for hydroxylation is 1. The second kappa shape index (κ2) is 10.4. The number of amides is 1. The van der Waals surface area contributed by atoms with E-state index in [0.717, 1.165) is 43.2 Å². The molecule has 4 aromatic rings. The average Bonchev–Trinajstić information content (AvgIpc) is 3.31. The summed E-state index contributed by atoms with van der Waals surface area (Å²) in [5.41, 5.74) is 3.52. The van der Waals surface area contributed by atoms with Gasteiger partial charge in [0.2, 0.25) is 5.88 Å². The summed E-state index contributed by atoms with van der Waals surface area (Å²) in [7, 11) is 1.68. The van der Waals surface area contributed by atoms with Gasteiger partial charge in [-0.05, 0) is 56.3 Å². The number of benzene rings is 2. The topological polar surface area (TPSA) is 98.4 Å². The molecule has 10 heteroatoms. The minimum Gasteiger partial charge on any atom is -0.435 e. The molecule has 3 N–H and O–H groups in total. The fourth-order valence-corrected chi connectivity index (χ4v) is 4.36. The van der Waals surface area contributed by atoms with Crippen molar-refractivity contribution in [2.24, 2.45) is 0 Å². The number of piperazine rings is 1. The van der Waals surface area contributed by atoms with Gasteiger partial charge in [0.25, 0.3) is 5.91 Å². The van der Waals surface area contributed by atoms with Crippen molar-refractivity contribution in [1.82, 2.24) is 25.2 Å². The van der Waals surface area contributed by atoms with Crippen LogP contribution >= 0.6 is 0 Å². The van der Waals surface area contributed by atoms with E-state index >= 15 is 4.39 Å².